The second-order valence-corrected chi connectivity index (χ2v) is 5.76. The number of rotatable bonds is 5. The summed E-state index contributed by atoms with van der Waals surface area (Å²) in [6.45, 7) is 2.23. The average molecular weight is 346 g/mol. The second kappa shape index (κ2) is 6.41. The van der Waals surface area contributed by atoms with Gasteiger partial charge < -0.3 is 15.2 Å². The fourth-order valence-corrected chi connectivity index (χ4v) is 2.76. The third-order valence-electron chi connectivity index (χ3n) is 3.67. The van der Waals surface area contributed by atoms with Crippen molar-refractivity contribution in [3.8, 4) is 5.75 Å². The number of nitrogens with zero attached hydrogens (tertiary/aromatic N) is 2. The summed E-state index contributed by atoms with van der Waals surface area (Å²) in [4.78, 5) is 16.0. The van der Waals surface area contributed by atoms with Crippen molar-refractivity contribution in [1.82, 2.24) is 9.38 Å². The van der Waals surface area contributed by atoms with Crippen molar-refractivity contribution in [2.24, 2.45) is 0 Å². The van der Waals surface area contributed by atoms with Gasteiger partial charge >= 0.3 is 5.97 Å². The molecule has 0 aliphatic heterocycles. The van der Waals surface area contributed by atoms with Crippen molar-refractivity contribution in [3.05, 3.63) is 58.5 Å². The first kappa shape index (κ1) is 16.1. The van der Waals surface area contributed by atoms with Crippen LogP contribution < -0.4 is 10.1 Å². The Morgan fingerprint density at radius 1 is 1.38 bits per heavy atom. The molecule has 1 aromatic carbocycles. The summed E-state index contributed by atoms with van der Waals surface area (Å²) >= 11 is 5.96. The van der Waals surface area contributed by atoms with Gasteiger partial charge in [0.1, 0.15) is 11.4 Å². The van der Waals surface area contributed by atoms with Crippen molar-refractivity contribution < 1.29 is 14.6 Å². The van der Waals surface area contributed by atoms with Crippen LogP contribution in [0.4, 0.5) is 5.69 Å². The number of methoxy groups -OCH3 is 1. The number of benzene rings is 1. The zero-order valence-electron chi connectivity index (χ0n) is 13.2. The molecule has 3 rings (SSSR count). The molecule has 0 amide bonds. The average Bonchev–Trinajstić information content (AvgIpc) is 2.92. The molecule has 6 nitrogen and oxygen atoms in total. The Balaban J connectivity index is 1.96. The first-order valence-electron chi connectivity index (χ1n) is 7.28. The predicted octanol–water partition coefficient (Wildman–Crippen LogP) is 3.62. The summed E-state index contributed by atoms with van der Waals surface area (Å²) in [7, 11) is 1.57. The quantitative estimate of drug-likeness (QED) is 0.738. The maximum Gasteiger partial charge on any atom is 0.355 e. The molecule has 7 heteroatoms. The molecule has 0 aliphatic carbocycles. The van der Waals surface area contributed by atoms with E-state index in [1.807, 2.05) is 13.0 Å². The lowest BCUT2D eigenvalue weighted by Crippen LogP contribution is -2.11. The molecule has 124 valence electrons. The number of aryl methyl sites for hydroxylation is 1. The molecule has 0 radical (unpaired) electrons. The number of halogens is 1. The van der Waals surface area contributed by atoms with E-state index in [9.17, 15) is 9.90 Å². The van der Waals surface area contributed by atoms with E-state index in [2.05, 4.69) is 10.3 Å². The highest BCUT2D eigenvalue weighted by atomic mass is 35.5. The molecule has 0 fully saturated rings. The van der Waals surface area contributed by atoms with Gasteiger partial charge in [0, 0.05) is 23.3 Å². The lowest BCUT2D eigenvalue weighted by atomic mass is 10.2. The normalized spacial score (nSPS) is 10.8. The van der Waals surface area contributed by atoms with Crippen LogP contribution in [0.2, 0.25) is 5.02 Å². The zero-order chi connectivity index (χ0) is 17.3. The van der Waals surface area contributed by atoms with Crippen molar-refractivity contribution in [3.63, 3.8) is 0 Å². The predicted molar refractivity (Wildman–Crippen MR) is 92.2 cm³/mol. The molecule has 2 aromatic heterocycles. The van der Waals surface area contributed by atoms with E-state index in [0.29, 0.717) is 28.7 Å². The highest BCUT2D eigenvalue weighted by Crippen LogP contribution is 2.25. The zero-order valence-corrected chi connectivity index (χ0v) is 14.0. The molecule has 0 spiro atoms. The minimum absolute atomic E-state index is 0.140. The molecule has 0 unspecified atom stereocenters. The fourth-order valence-electron chi connectivity index (χ4n) is 2.60. The van der Waals surface area contributed by atoms with Crippen molar-refractivity contribution in [2.45, 2.75) is 13.5 Å². The molecule has 2 N–H and O–H groups in total. The minimum Gasteiger partial charge on any atom is -0.496 e. The lowest BCUT2D eigenvalue weighted by molar-refractivity contribution is 0.0690. The van der Waals surface area contributed by atoms with Gasteiger partial charge in [-0.1, -0.05) is 17.7 Å². The summed E-state index contributed by atoms with van der Waals surface area (Å²) in [5.74, 6) is -0.380. The number of aromatic nitrogens is 2. The number of hydrogen-bond acceptors (Lipinski definition) is 4. The van der Waals surface area contributed by atoms with Gasteiger partial charge in [0.05, 0.1) is 18.5 Å². The van der Waals surface area contributed by atoms with Crippen LogP contribution in [-0.2, 0) is 6.54 Å². The van der Waals surface area contributed by atoms with E-state index < -0.39 is 5.97 Å². The molecule has 24 heavy (non-hydrogen) atoms. The van der Waals surface area contributed by atoms with E-state index in [4.69, 9.17) is 16.3 Å². The number of aromatic carboxylic acids is 1. The number of imidazole rings is 1. The minimum atomic E-state index is -1.02. The molecule has 0 atom stereocenters. The Bertz CT molecular complexity index is 921. The van der Waals surface area contributed by atoms with Gasteiger partial charge in [-0.25, -0.2) is 9.78 Å². The Kier molecular flexibility index (Phi) is 4.31. The van der Waals surface area contributed by atoms with Crippen molar-refractivity contribution >= 4 is 28.9 Å². The van der Waals surface area contributed by atoms with Crippen LogP contribution in [0.15, 0.2) is 36.5 Å². The maximum absolute atomic E-state index is 11.7. The van der Waals surface area contributed by atoms with Gasteiger partial charge in [0.2, 0.25) is 0 Å². The van der Waals surface area contributed by atoms with Gasteiger partial charge in [0.15, 0.2) is 5.69 Å². The first-order valence-corrected chi connectivity index (χ1v) is 7.65. The standard InChI is InChI=1S/C17H16ClN3O3/c1-10-9-21-15(20-10)6-5-13(16(21)17(22)23)19-8-11-3-4-12(18)7-14(11)24-2/h3-7,9,19H,8H2,1-2H3,(H,22,23). The van der Waals surface area contributed by atoms with Gasteiger partial charge in [-0.2, -0.15) is 0 Å². The van der Waals surface area contributed by atoms with E-state index in [1.165, 1.54) is 0 Å². The second-order valence-electron chi connectivity index (χ2n) is 5.32. The first-order chi connectivity index (χ1) is 11.5. The summed E-state index contributed by atoms with van der Waals surface area (Å²) < 4.78 is 6.88. The number of hydrogen-bond donors (Lipinski definition) is 2. The summed E-state index contributed by atoms with van der Waals surface area (Å²) in [5.41, 5.74) is 2.87. The highest BCUT2D eigenvalue weighted by Gasteiger charge is 2.16. The Labute approximate surface area is 143 Å². The van der Waals surface area contributed by atoms with Crippen LogP contribution in [0, 0.1) is 6.92 Å². The van der Waals surface area contributed by atoms with Crippen LogP contribution in [0.5, 0.6) is 5.75 Å². The van der Waals surface area contributed by atoms with E-state index in [-0.39, 0.29) is 5.69 Å². The lowest BCUT2D eigenvalue weighted by Gasteiger charge is -2.13. The van der Waals surface area contributed by atoms with Gasteiger partial charge in [-0.15, -0.1) is 0 Å². The summed E-state index contributed by atoms with van der Waals surface area (Å²) in [5, 5.41) is 13.3. The summed E-state index contributed by atoms with van der Waals surface area (Å²) in [6, 6.07) is 8.82. The Hall–Kier alpha value is -2.73. The third-order valence-corrected chi connectivity index (χ3v) is 3.90. The SMILES string of the molecule is COc1cc(Cl)ccc1CNc1ccc2nc(C)cn2c1C(=O)O. The van der Waals surface area contributed by atoms with Gasteiger partial charge in [-0.05, 0) is 31.2 Å². The Morgan fingerprint density at radius 3 is 2.88 bits per heavy atom. The molecule has 0 saturated carbocycles. The fraction of sp³-hybridized carbons (Fsp3) is 0.176. The van der Waals surface area contributed by atoms with E-state index in [0.717, 1.165) is 11.3 Å². The molecular formula is C17H16ClN3O3. The van der Waals surface area contributed by atoms with Crippen LogP contribution in [-0.4, -0.2) is 27.6 Å². The molecular weight excluding hydrogens is 330 g/mol. The number of carboxylic acid groups (broad SMARTS) is 1. The smallest absolute Gasteiger partial charge is 0.355 e. The van der Waals surface area contributed by atoms with E-state index >= 15 is 0 Å². The maximum atomic E-state index is 11.7. The molecule has 0 aliphatic rings. The van der Waals surface area contributed by atoms with Crippen LogP contribution >= 0.6 is 11.6 Å². The number of pyridine rings is 1. The van der Waals surface area contributed by atoms with Crippen LogP contribution in [0.25, 0.3) is 5.65 Å². The van der Waals surface area contributed by atoms with Crippen molar-refractivity contribution in [1.29, 1.82) is 0 Å². The monoisotopic (exact) mass is 345 g/mol. The molecule has 0 saturated heterocycles. The molecule has 2 heterocycles. The van der Waals surface area contributed by atoms with E-state index in [1.54, 1.807) is 42.0 Å². The number of nitrogens with one attached hydrogen (secondary N) is 1. The number of ether oxygens (including phenoxy) is 1. The van der Waals surface area contributed by atoms with Gasteiger partial charge in [-0.3, -0.25) is 4.40 Å². The van der Waals surface area contributed by atoms with Crippen LogP contribution in [0.1, 0.15) is 21.7 Å². The number of carbonyl (C=O) groups is 1. The largest absolute Gasteiger partial charge is 0.496 e. The third kappa shape index (κ3) is 3.00. The summed E-state index contributed by atoms with van der Waals surface area (Å²) in [6.07, 6.45) is 1.70. The number of fused-ring (bicyclic) bond motifs is 1. The highest BCUT2D eigenvalue weighted by molar-refractivity contribution is 6.30. The molecule has 3 aromatic rings. The van der Waals surface area contributed by atoms with Gasteiger partial charge in [0.25, 0.3) is 0 Å². The Morgan fingerprint density at radius 2 is 2.17 bits per heavy atom. The topological polar surface area (TPSA) is 75.9 Å². The van der Waals surface area contributed by atoms with Crippen molar-refractivity contribution in [2.75, 3.05) is 12.4 Å². The van der Waals surface area contributed by atoms with Crippen LogP contribution in [0.3, 0.4) is 0 Å². The number of anilines is 1. The molecule has 0 bridgehead atoms. The number of carboxylic acids is 1.